The van der Waals surface area contributed by atoms with E-state index in [0.29, 0.717) is 18.0 Å². The lowest BCUT2D eigenvalue weighted by Crippen LogP contribution is -2.36. The fourth-order valence-electron chi connectivity index (χ4n) is 4.75. The monoisotopic (exact) mass is 431 g/mol. The molecule has 2 aliphatic rings. The van der Waals surface area contributed by atoms with Gasteiger partial charge in [-0.25, -0.2) is 8.42 Å². The van der Waals surface area contributed by atoms with Crippen LogP contribution in [0, 0.1) is 0 Å². The van der Waals surface area contributed by atoms with Crippen LogP contribution in [0.4, 0.5) is 0 Å². The molecule has 1 aromatic heterocycles. The first-order valence-electron chi connectivity index (χ1n) is 11.4. The second-order valence-electron chi connectivity index (χ2n) is 8.68. The second-order valence-corrected chi connectivity index (χ2v) is 10.6. The smallest absolute Gasteiger partial charge is 0.245 e. The Morgan fingerprint density at radius 1 is 0.867 bits per heavy atom. The largest absolute Gasteiger partial charge is 0.341 e. The van der Waals surface area contributed by atoms with Crippen LogP contribution in [0.1, 0.15) is 64.3 Å². The molecule has 4 rings (SSSR count). The zero-order valence-electron chi connectivity index (χ0n) is 17.9. The molecule has 0 unspecified atom stereocenters. The van der Waals surface area contributed by atoms with Gasteiger partial charge in [-0.3, -0.25) is 4.79 Å². The van der Waals surface area contributed by atoms with Gasteiger partial charge in [0.05, 0.1) is 4.90 Å². The lowest BCUT2D eigenvalue weighted by molar-refractivity contribution is -0.134. The Bertz CT molecular complexity index is 982. The van der Waals surface area contributed by atoms with Gasteiger partial charge in [0.2, 0.25) is 15.9 Å². The quantitative estimate of drug-likeness (QED) is 0.730. The van der Waals surface area contributed by atoms with E-state index in [0.717, 1.165) is 62.5 Å². The summed E-state index contributed by atoms with van der Waals surface area (Å²) in [4.78, 5) is 15.4. The van der Waals surface area contributed by atoms with Crippen LogP contribution in [0.3, 0.4) is 0 Å². The number of fused-ring (bicyclic) bond motifs is 1. The Balaban J connectivity index is 1.58. The maximum absolute atomic E-state index is 13.1. The Hall–Kier alpha value is -1.86. The van der Waals surface area contributed by atoms with E-state index in [-0.39, 0.29) is 11.9 Å². The minimum absolute atomic E-state index is 0.149. The highest BCUT2D eigenvalue weighted by Crippen LogP contribution is 2.27. The molecule has 0 radical (unpaired) electrons. The fourth-order valence-corrected chi connectivity index (χ4v) is 6.30. The van der Waals surface area contributed by atoms with Crippen LogP contribution in [0.15, 0.2) is 35.4 Å². The van der Waals surface area contributed by atoms with Gasteiger partial charge < -0.3 is 9.47 Å². The molecular formula is C23H33N3O3S. The topological polar surface area (TPSA) is 62.6 Å². The maximum Gasteiger partial charge on any atom is 0.245 e. The van der Waals surface area contributed by atoms with Crippen molar-refractivity contribution in [2.24, 2.45) is 0 Å². The summed E-state index contributed by atoms with van der Waals surface area (Å²) in [6.07, 6.45) is 10.5. The SMILES string of the molecule is C[C@@H](C(=O)N1CCCCCC1)n1ccc2cc(S(=O)(=O)N3CCCCCC3)ccc21. The molecule has 2 aliphatic heterocycles. The predicted octanol–water partition coefficient (Wildman–Crippen LogP) is 4.17. The third-order valence-corrected chi connectivity index (χ3v) is 8.48. The molecule has 0 saturated carbocycles. The Labute approximate surface area is 179 Å². The zero-order valence-corrected chi connectivity index (χ0v) is 18.7. The van der Waals surface area contributed by atoms with Crippen molar-refractivity contribution in [3.8, 4) is 0 Å². The minimum atomic E-state index is -3.48. The van der Waals surface area contributed by atoms with Crippen LogP contribution in [0.25, 0.3) is 10.9 Å². The van der Waals surface area contributed by atoms with Crippen LogP contribution in [0.2, 0.25) is 0 Å². The van der Waals surface area contributed by atoms with Crippen molar-refractivity contribution in [3.63, 3.8) is 0 Å². The highest BCUT2D eigenvalue weighted by molar-refractivity contribution is 7.89. The molecule has 2 fully saturated rings. The van der Waals surface area contributed by atoms with E-state index < -0.39 is 10.0 Å². The number of amides is 1. The maximum atomic E-state index is 13.1. The number of hydrogen-bond acceptors (Lipinski definition) is 3. The molecule has 0 bridgehead atoms. The summed E-state index contributed by atoms with van der Waals surface area (Å²) >= 11 is 0. The second kappa shape index (κ2) is 9.10. The molecular weight excluding hydrogens is 398 g/mol. The fraction of sp³-hybridized carbons (Fsp3) is 0.609. The number of aromatic nitrogens is 1. The van der Waals surface area contributed by atoms with Gasteiger partial charge in [0, 0.05) is 43.3 Å². The van der Waals surface area contributed by atoms with E-state index in [2.05, 4.69) is 0 Å². The highest BCUT2D eigenvalue weighted by atomic mass is 32.2. The average Bonchev–Trinajstić information content (AvgIpc) is 2.95. The first-order chi connectivity index (χ1) is 14.5. The van der Waals surface area contributed by atoms with Crippen molar-refractivity contribution in [2.75, 3.05) is 26.2 Å². The molecule has 1 atom stereocenters. The number of likely N-dealkylation sites (tertiary alicyclic amines) is 1. The molecule has 1 amide bonds. The van der Waals surface area contributed by atoms with E-state index in [4.69, 9.17) is 0 Å². The van der Waals surface area contributed by atoms with Crippen LogP contribution < -0.4 is 0 Å². The van der Waals surface area contributed by atoms with Gasteiger partial charge in [-0.1, -0.05) is 25.7 Å². The lowest BCUT2D eigenvalue weighted by Gasteiger charge is -2.25. The molecule has 164 valence electrons. The number of benzene rings is 1. The summed E-state index contributed by atoms with van der Waals surface area (Å²) < 4.78 is 29.9. The lowest BCUT2D eigenvalue weighted by atomic mass is 10.2. The summed E-state index contributed by atoms with van der Waals surface area (Å²) in [7, 11) is -3.48. The van der Waals surface area contributed by atoms with Crippen LogP contribution in [-0.4, -0.2) is 54.3 Å². The Morgan fingerprint density at radius 3 is 2.10 bits per heavy atom. The van der Waals surface area contributed by atoms with Crippen molar-refractivity contribution < 1.29 is 13.2 Å². The van der Waals surface area contributed by atoms with E-state index in [1.807, 2.05) is 34.7 Å². The van der Waals surface area contributed by atoms with E-state index in [1.165, 1.54) is 12.8 Å². The van der Waals surface area contributed by atoms with Gasteiger partial charge in [0.1, 0.15) is 6.04 Å². The summed E-state index contributed by atoms with van der Waals surface area (Å²) in [5, 5.41) is 0.862. The number of sulfonamides is 1. The van der Waals surface area contributed by atoms with Gasteiger partial charge in [0.25, 0.3) is 0 Å². The molecule has 0 spiro atoms. The molecule has 3 heterocycles. The Morgan fingerprint density at radius 2 is 1.47 bits per heavy atom. The minimum Gasteiger partial charge on any atom is -0.341 e. The Kier molecular flexibility index (Phi) is 6.48. The third-order valence-electron chi connectivity index (χ3n) is 6.59. The standard InChI is InChI=1S/C23H33N3O3S/c1-19(23(27)24-13-6-2-3-7-14-24)26-17-12-20-18-21(10-11-22(20)26)30(28,29)25-15-8-4-5-9-16-25/h10-12,17-19H,2-9,13-16H2,1H3/t19-/m0/s1. The summed E-state index contributed by atoms with van der Waals surface area (Å²) in [5.41, 5.74) is 0.903. The first kappa shape index (κ1) is 21.4. The summed E-state index contributed by atoms with van der Waals surface area (Å²) in [6, 6.07) is 6.93. The van der Waals surface area contributed by atoms with Crippen LogP contribution in [0.5, 0.6) is 0 Å². The third kappa shape index (κ3) is 4.28. The molecule has 0 N–H and O–H groups in total. The molecule has 7 heteroatoms. The summed E-state index contributed by atoms with van der Waals surface area (Å²) in [6.45, 7) is 4.81. The van der Waals surface area contributed by atoms with E-state index >= 15 is 0 Å². The number of carbonyl (C=O) groups is 1. The van der Waals surface area contributed by atoms with E-state index in [1.54, 1.807) is 16.4 Å². The molecule has 2 aromatic rings. The number of hydrogen-bond donors (Lipinski definition) is 0. The van der Waals surface area contributed by atoms with Gasteiger partial charge in [-0.15, -0.1) is 0 Å². The van der Waals surface area contributed by atoms with Gasteiger partial charge in [0.15, 0.2) is 0 Å². The number of nitrogens with zero attached hydrogens (tertiary/aromatic N) is 3. The van der Waals surface area contributed by atoms with Crippen LogP contribution in [-0.2, 0) is 14.8 Å². The van der Waals surface area contributed by atoms with Gasteiger partial charge >= 0.3 is 0 Å². The van der Waals surface area contributed by atoms with Gasteiger partial charge in [-0.2, -0.15) is 4.31 Å². The predicted molar refractivity (Wildman–Crippen MR) is 119 cm³/mol. The number of rotatable bonds is 4. The van der Waals surface area contributed by atoms with Crippen molar-refractivity contribution in [1.82, 2.24) is 13.8 Å². The molecule has 2 saturated heterocycles. The number of carbonyl (C=O) groups excluding carboxylic acids is 1. The van der Waals surface area contributed by atoms with Crippen LogP contribution >= 0.6 is 0 Å². The van der Waals surface area contributed by atoms with Crippen molar-refractivity contribution in [2.45, 2.75) is 69.2 Å². The van der Waals surface area contributed by atoms with Crippen molar-refractivity contribution in [3.05, 3.63) is 30.5 Å². The zero-order chi connectivity index (χ0) is 21.1. The molecule has 1 aromatic carbocycles. The highest BCUT2D eigenvalue weighted by Gasteiger charge is 2.27. The summed E-state index contributed by atoms with van der Waals surface area (Å²) in [5.74, 6) is 0.149. The molecule has 0 aliphatic carbocycles. The average molecular weight is 432 g/mol. The molecule has 30 heavy (non-hydrogen) atoms. The van der Waals surface area contributed by atoms with Crippen molar-refractivity contribution in [1.29, 1.82) is 0 Å². The normalized spacial score (nSPS) is 20.6. The van der Waals surface area contributed by atoms with E-state index in [9.17, 15) is 13.2 Å². The van der Waals surface area contributed by atoms with Crippen molar-refractivity contribution >= 4 is 26.8 Å². The van der Waals surface area contributed by atoms with Gasteiger partial charge in [-0.05, 0) is 56.9 Å². The first-order valence-corrected chi connectivity index (χ1v) is 12.8. The molecule has 6 nitrogen and oxygen atoms in total.